The molecule has 3 aromatic heterocycles. The van der Waals surface area contributed by atoms with Gasteiger partial charge < -0.3 is 24.1 Å². The molecule has 0 aliphatic carbocycles. The molecule has 4 aromatic rings. The summed E-state index contributed by atoms with van der Waals surface area (Å²) < 4.78 is 15.0. The number of aliphatic hydroxyl groups excluding tert-OH is 1. The third-order valence-corrected chi connectivity index (χ3v) is 5.17. The SMILES string of the molecule is Cc1cccc(OC[C@@H](O)Cn2c(NCc3ccco3)nc3c2c(=O)n(C)c(=O)n3C)c1. The highest BCUT2D eigenvalue weighted by molar-refractivity contribution is 5.74. The number of benzene rings is 1. The van der Waals surface area contributed by atoms with Crippen LogP contribution in [0.15, 0.2) is 56.7 Å². The summed E-state index contributed by atoms with van der Waals surface area (Å²) in [6.45, 7) is 2.33. The average Bonchev–Trinajstić information content (AvgIpc) is 3.41. The van der Waals surface area contributed by atoms with Crippen LogP contribution in [0.5, 0.6) is 5.75 Å². The van der Waals surface area contributed by atoms with E-state index in [0.29, 0.717) is 24.0 Å². The highest BCUT2D eigenvalue weighted by atomic mass is 16.5. The Morgan fingerprint density at radius 3 is 2.72 bits per heavy atom. The van der Waals surface area contributed by atoms with E-state index in [0.717, 1.165) is 10.1 Å². The number of hydrogen-bond acceptors (Lipinski definition) is 7. The summed E-state index contributed by atoms with van der Waals surface area (Å²) in [6.07, 6.45) is 0.630. The molecule has 1 aromatic carbocycles. The minimum absolute atomic E-state index is 0.0207. The molecule has 0 saturated carbocycles. The lowest BCUT2D eigenvalue weighted by Gasteiger charge is -2.16. The average molecular weight is 439 g/mol. The highest BCUT2D eigenvalue weighted by Crippen LogP contribution is 2.18. The minimum Gasteiger partial charge on any atom is -0.491 e. The van der Waals surface area contributed by atoms with Crippen molar-refractivity contribution in [2.24, 2.45) is 14.1 Å². The molecule has 0 bridgehead atoms. The van der Waals surface area contributed by atoms with Crippen molar-refractivity contribution in [3.05, 3.63) is 74.8 Å². The van der Waals surface area contributed by atoms with E-state index >= 15 is 0 Å². The minimum atomic E-state index is -0.931. The smallest absolute Gasteiger partial charge is 0.332 e. The van der Waals surface area contributed by atoms with Crippen LogP contribution in [-0.4, -0.2) is 36.5 Å². The van der Waals surface area contributed by atoms with Gasteiger partial charge in [0, 0.05) is 14.1 Å². The number of aliphatic hydroxyl groups is 1. The molecule has 0 saturated heterocycles. The number of imidazole rings is 1. The molecule has 3 heterocycles. The summed E-state index contributed by atoms with van der Waals surface area (Å²) in [6, 6.07) is 11.1. The zero-order chi connectivity index (χ0) is 22.8. The molecule has 10 heteroatoms. The van der Waals surface area contributed by atoms with Gasteiger partial charge in [-0.05, 0) is 36.8 Å². The van der Waals surface area contributed by atoms with Crippen LogP contribution in [0.4, 0.5) is 5.95 Å². The van der Waals surface area contributed by atoms with Crippen LogP contribution in [0.25, 0.3) is 11.2 Å². The van der Waals surface area contributed by atoms with Crippen LogP contribution in [0.1, 0.15) is 11.3 Å². The molecular weight excluding hydrogens is 414 g/mol. The lowest BCUT2D eigenvalue weighted by Crippen LogP contribution is -2.38. The fraction of sp³-hybridized carbons (Fsp3) is 0.318. The van der Waals surface area contributed by atoms with Crippen LogP contribution in [-0.2, 0) is 27.2 Å². The first kappa shape index (κ1) is 21.4. The number of rotatable bonds is 8. The van der Waals surface area contributed by atoms with Gasteiger partial charge in [0.25, 0.3) is 5.56 Å². The Morgan fingerprint density at radius 1 is 1.19 bits per heavy atom. The van der Waals surface area contributed by atoms with Crippen molar-refractivity contribution in [2.75, 3.05) is 11.9 Å². The monoisotopic (exact) mass is 439 g/mol. The first-order chi connectivity index (χ1) is 15.3. The van der Waals surface area contributed by atoms with E-state index < -0.39 is 17.4 Å². The molecule has 0 amide bonds. The molecule has 1 atom stereocenters. The Balaban J connectivity index is 1.66. The number of anilines is 1. The molecule has 0 fully saturated rings. The van der Waals surface area contributed by atoms with Gasteiger partial charge in [0.1, 0.15) is 24.2 Å². The van der Waals surface area contributed by atoms with Crippen LogP contribution >= 0.6 is 0 Å². The van der Waals surface area contributed by atoms with Crippen LogP contribution in [0, 0.1) is 6.92 Å². The van der Waals surface area contributed by atoms with Crippen LogP contribution in [0.3, 0.4) is 0 Å². The first-order valence-corrected chi connectivity index (χ1v) is 10.1. The third kappa shape index (κ3) is 4.17. The van der Waals surface area contributed by atoms with Gasteiger partial charge in [0.05, 0.1) is 19.4 Å². The van der Waals surface area contributed by atoms with Crippen molar-refractivity contribution >= 4 is 17.1 Å². The molecule has 0 aliphatic rings. The number of hydrogen-bond donors (Lipinski definition) is 2. The van der Waals surface area contributed by atoms with Gasteiger partial charge >= 0.3 is 5.69 Å². The van der Waals surface area contributed by atoms with E-state index in [1.807, 2.05) is 31.2 Å². The number of aromatic nitrogens is 4. The predicted octanol–water partition coefficient (Wildman–Crippen LogP) is 1.39. The van der Waals surface area contributed by atoms with E-state index in [9.17, 15) is 14.7 Å². The van der Waals surface area contributed by atoms with Crippen molar-refractivity contribution in [1.82, 2.24) is 18.7 Å². The second-order valence-corrected chi connectivity index (χ2v) is 7.64. The lowest BCUT2D eigenvalue weighted by atomic mass is 10.2. The van der Waals surface area contributed by atoms with Gasteiger partial charge in [-0.15, -0.1) is 0 Å². The van der Waals surface area contributed by atoms with Gasteiger partial charge in [-0.25, -0.2) is 4.79 Å². The van der Waals surface area contributed by atoms with Gasteiger partial charge in [-0.2, -0.15) is 4.98 Å². The number of aryl methyl sites for hydroxylation is 2. The molecule has 168 valence electrons. The molecule has 10 nitrogen and oxygen atoms in total. The maximum Gasteiger partial charge on any atom is 0.332 e. The molecular formula is C22H25N5O5. The lowest BCUT2D eigenvalue weighted by molar-refractivity contribution is 0.0938. The van der Waals surface area contributed by atoms with Gasteiger partial charge in [0.2, 0.25) is 5.95 Å². The number of furan rings is 1. The van der Waals surface area contributed by atoms with Crippen molar-refractivity contribution < 1.29 is 14.3 Å². The Hall–Kier alpha value is -3.79. The van der Waals surface area contributed by atoms with Crippen molar-refractivity contribution in [2.45, 2.75) is 26.1 Å². The topological polar surface area (TPSA) is 116 Å². The predicted molar refractivity (Wildman–Crippen MR) is 119 cm³/mol. The standard InChI is InChI=1S/C22H25N5O5/c1-14-6-4-7-16(10-14)32-13-15(28)12-27-18-19(25(2)22(30)26(3)20(18)29)24-21(27)23-11-17-8-5-9-31-17/h4-10,15,28H,11-13H2,1-3H3,(H,23,24)/t15-/m0/s1. The molecule has 0 aliphatic heterocycles. The summed E-state index contributed by atoms with van der Waals surface area (Å²) >= 11 is 0. The summed E-state index contributed by atoms with van der Waals surface area (Å²) in [4.78, 5) is 29.7. The summed E-state index contributed by atoms with van der Waals surface area (Å²) in [5.41, 5.74) is 0.519. The van der Waals surface area contributed by atoms with E-state index in [1.54, 1.807) is 30.0 Å². The fourth-order valence-corrected chi connectivity index (χ4v) is 3.50. The van der Waals surface area contributed by atoms with E-state index in [1.165, 1.54) is 11.6 Å². The summed E-state index contributed by atoms with van der Waals surface area (Å²) in [7, 11) is 2.96. The Labute approximate surface area is 183 Å². The molecule has 32 heavy (non-hydrogen) atoms. The van der Waals surface area contributed by atoms with Crippen molar-refractivity contribution in [3.63, 3.8) is 0 Å². The largest absolute Gasteiger partial charge is 0.491 e. The Kier molecular flexibility index (Phi) is 5.87. The normalized spacial score (nSPS) is 12.2. The van der Waals surface area contributed by atoms with Crippen LogP contribution < -0.4 is 21.3 Å². The zero-order valence-corrected chi connectivity index (χ0v) is 18.1. The van der Waals surface area contributed by atoms with Gasteiger partial charge in [-0.3, -0.25) is 13.9 Å². The first-order valence-electron chi connectivity index (χ1n) is 10.1. The maximum absolute atomic E-state index is 12.9. The molecule has 0 radical (unpaired) electrons. The zero-order valence-electron chi connectivity index (χ0n) is 18.1. The quantitative estimate of drug-likeness (QED) is 0.426. The number of nitrogens with zero attached hydrogens (tertiary/aromatic N) is 4. The number of fused-ring (bicyclic) bond motifs is 1. The second kappa shape index (κ2) is 8.75. The van der Waals surface area contributed by atoms with Gasteiger partial charge in [0.15, 0.2) is 11.2 Å². The number of ether oxygens (including phenoxy) is 1. The second-order valence-electron chi connectivity index (χ2n) is 7.64. The number of nitrogens with one attached hydrogen (secondary N) is 1. The Morgan fingerprint density at radius 2 is 2.00 bits per heavy atom. The molecule has 0 spiro atoms. The van der Waals surface area contributed by atoms with Gasteiger partial charge in [-0.1, -0.05) is 12.1 Å². The maximum atomic E-state index is 12.9. The molecule has 0 unspecified atom stereocenters. The van der Waals surface area contributed by atoms with Crippen molar-refractivity contribution in [1.29, 1.82) is 0 Å². The summed E-state index contributed by atoms with van der Waals surface area (Å²) in [5.74, 6) is 1.66. The summed E-state index contributed by atoms with van der Waals surface area (Å²) in [5, 5.41) is 13.8. The molecule has 2 N–H and O–H groups in total. The van der Waals surface area contributed by atoms with E-state index in [-0.39, 0.29) is 24.3 Å². The highest BCUT2D eigenvalue weighted by Gasteiger charge is 2.21. The third-order valence-electron chi connectivity index (χ3n) is 5.17. The van der Waals surface area contributed by atoms with E-state index in [2.05, 4.69) is 10.3 Å². The molecule has 4 rings (SSSR count). The van der Waals surface area contributed by atoms with Crippen molar-refractivity contribution in [3.8, 4) is 5.75 Å². The Bertz CT molecular complexity index is 1350. The van der Waals surface area contributed by atoms with Crippen LogP contribution in [0.2, 0.25) is 0 Å². The van der Waals surface area contributed by atoms with E-state index in [4.69, 9.17) is 9.15 Å². The fourth-order valence-electron chi connectivity index (χ4n) is 3.50.